The largest absolute Gasteiger partial charge is 0.476 e. The van der Waals surface area contributed by atoms with E-state index < -0.39 is 5.97 Å². The number of benzene rings is 2. The molecule has 2 aromatic carbocycles. The highest BCUT2D eigenvalue weighted by Crippen LogP contribution is 2.31. The van der Waals surface area contributed by atoms with Gasteiger partial charge in [0.05, 0.1) is 11.9 Å². The molecule has 25 heavy (non-hydrogen) atoms. The van der Waals surface area contributed by atoms with Crippen molar-refractivity contribution in [3.8, 4) is 28.1 Å². The minimum absolute atomic E-state index is 0.00995. The second-order valence-electron chi connectivity index (χ2n) is 5.31. The maximum absolute atomic E-state index is 11.2. The van der Waals surface area contributed by atoms with Crippen molar-refractivity contribution in [2.75, 3.05) is 0 Å². The number of hydrogen-bond donors (Lipinski definition) is 1. The van der Waals surface area contributed by atoms with Crippen LogP contribution in [0.15, 0.2) is 71.6 Å². The maximum Gasteiger partial charge on any atom is 0.356 e. The number of carboxylic acids is 1. The van der Waals surface area contributed by atoms with E-state index in [9.17, 15) is 9.90 Å². The highest BCUT2D eigenvalue weighted by atomic mass is 16.5. The van der Waals surface area contributed by atoms with Gasteiger partial charge in [-0.2, -0.15) is 0 Å². The van der Waals surface area contributed by atoms with Crippen LogP contribution in [0.25, 0.3) is 28.1 Å². The van der Waals surface area contributed by atoms with Gasteiger partial charge in [-0.1, -0.05) is 46.8 Å². The summed E-state index contributed by atoms with van der Waals surface area (Å²) in [6.45, 7) is 0. The van der Waals surface area contributed by atoms with Crippen LogP contribution in [-0.4, -0.2) is 31.2 Å². The Balaban J connectivity index is 1.75. The zero-order chi connectivity index (χ0) is 17.2. The third-order valence-electron chi connectivity index (χ3n) is 3.83. The molecule has 0 radical (unpaired) electrons. The Morgan fingerprint density at radius 2 is 1.76 bits per heavy atom. The van der Waals surface area contributed by atoms with E-state index in [1.165, 1.54) is 17.1 Å². The van der Waals surface area contributed by atoms with Crippen LogP contribution in [0.1, 0.15) is 10.5 Å². The van der Waals surface area contributed by atoms with Gasteiger partial charge < -0.3 is 9.63 Å². The molecule has 0 fully saturated rings. The predicted molar refractivity (Wildman–Crippen MR) is 89.3 cm³/mol. The van der Waals surface area contributed by atoms with E-state index in [4.69, 9.17) is 4.52 Å². The van der Waals surface area contributed by atoms with E-state index in [-0.39, 0.29) is 5.69 Å². The number of carbonyl (C=O) groups is 1. The summed E-state index contributed by atoms with van der Waals surface area (Å²) in [5.41, 5.74) is 4.31. The quantitative estimate of drug-likeness (QED) is 0.616. The average Bonchev–Trinajstić information content (AvgIpc) is 3.34. The maximum atomic E-state index is 11.2. The summed E-state index contributed by atoms with van der Waals surface area (Å²) in [4.78, 5) is 11.2. The molecule has 7 heteroatoms. The Labute approximate surface area is 142 Å². The molecule has 2 aromatic heterocycles. The Kier molecular flexibility index (Phi) is 3.59. The monoisotopic (exact) mass is 332 g/mol. The molecule has 4 aromatic rings. The Bertz CT molecular complexity index is 1020. The number of hydrogen-bond acceptors (Lipinski definition) is 5. The summed E-state index contributed by atoms with van der Waals surface area (Å²) in [5.74, 6) is -1.08. The molecule has 4 rings (SSSR count). The zero-order valence-electron chi connectivity index (χ0n) is 12.9. The summed E-state index contributed by atoms with van der Waals surface area (Å²) in [6.07, 6.45) is 2.75. The number of rotatable bonds is 4. The summed E-state index contributed by atoms with van der Waals surface area (Å²) in [6, 6.07) is 17.1. The fraction of sp³-hybridized carbons (Fsp3) is 0. The molecule has 7 nitrogen and oxygen atoms in total. The highest BCUT2D eigenvalue weighted by Gasteiger charge is 2.14. The van der Waals surface area contributed by atoms with Gasteiger partial charge in [-0.3, -0.25) is 0 Å². The van der Waals surface area contributed by atoms with Gasteiger partial charge in [0.15, 0.2) is 5.69 Å². The molecular formula is C18H12N4O3. The van der Waals surface area contributed by atoms with E-state index in [1.807, 2.05) is 42.5 Å². The van der Waals surface area contributed by atoms with Crippen LogP contribution in [0.4, 0.5) is 0 Å². The van der Waals surface area contributed by atoms with Crippen LogP contribution >= 0.6 is 0 Å². The Morgan fingerprint density at radius 1 is 1.00 bits per heavy atom. The molecule has 0 bridgehead atoms. The highest BCUT2D eigenvalue weighted by molar-refractivity contribution is 5.86. The van der Waals surface area contributed by atoms with Gasteiger partial charge in [0.25, 0.3) is 0 Å². The summed E-state index contributed by atoms with van der Waals surface area (Å²) in [7, 11) is 0. The standard InChI is InChI=1S/C18H12N4O3/c23-18(24)17-11-19-21-22(17)13-7-5-12(6-8-13)14-3-1-2-4-15(14)16-9-10-25-20-16/h1-11H,(H,23,24). The number of aromatic carboxylic acids is 1. The van der Waals surface area contributed by atoms with Crippen molar-refractivity contribution in [1.82, 2.24) is 20.2 Å². The Hall–Kier alpha value is -3.74. The van der Waals surface area contributed by atoms with Crippen LogP contribution < -0.4 is 0 Å². The van der Waals surface area contributed by atoms with Crippen molar-refractivity contribution in [1.29, 1.82) is 0 Å². The molecule has 0 spiro atoms. The number of carboxylic acid groups (broad SMARTS) is 1. The van der Waals surface area contributed by atoms with Gasteiger partial charge in [0.1, 0.15) is 12.0 Å². The van der Waals surface area contributed by atoms with Gasteiger partial charge >= 0.3 is 5.97 Å². The topological polar surface area (TPSA) is 94.0 Å². The summed E-state index contributed by atoms with van der Waals surface area (Å²) >= 11 is 0. The first-order valence-electron chi connectivity index (χ1n) is 7.48. The lowest BCUT2D eigenvalue weighted by molar-refractivity contribution is 0.0687. The van der Waals surface area contributed by atoms with Gasteiger partial charge in [-0.25, -0.2) is 9.48 Å². The minimum atomic E-state index is -1.08. The molecule has 1 N–H and O–H groups in total. The van der Waals surface area contributed by atoms with Crippen molar-refractivity contribution in [2.45, 2.75) is 0 Å². The summed E-state index contributed by atoms with van der Waals surface area (Å²) in [5, 5.41) is 20.7. The molecule has 0 aliphatic rings. The average molecular weight is 332 g/mol. The lowest BCUT2D eigenvalue weighted by atomic mass is 9.97. The number of nitrogens with zero attached hydrogens (tertiary/aromatic N) is 4. The second-order valence-corrected chi connectivity index (χ2v) is 5.31. The fourth-order valence-electron chi connectivity index (χ4n) is 2.66. The van der Waals surface area contributed by atoms with E-state index in [0.29, 0.717) is 5.69 Å². The van der Waals surface area contributed by atoms with E-state index in [0.717, 1.165) is 22.4 Å². The fourth-order valence-corrected chi connectivity index (χ4v) is 2.66. The van der Waals surface area contributed by atoms with Crippen LogP contribution in [0.5, 0.6) is 0 Å². The van der Waals surface area contributed by atoms with Crippen molar-refractivity contribution in [3.05, 3.63) is 72.8 Å². The molecule has 0 unspecified atom stereocenters. The third-order valence-corrected chi connectivity index (χ3v) is 3.83. The van der Waals surface area contributed by atoms with Crippen molar-refractivity contribution in [2.24, 2.45) is 0 Å². The molecule has 0 aliphatic carbocycles. The van der Waals surface area contributed by atoms with E-state index in [2.05, 4.69) is 15.5 Å². The van der Waals surface area contributed by atoms with E-state index in [1.54, 1.807) is 12.1 Å². The SMILES string of the molecule is O=C(O)c1cnnn1-c1ccc(-c2ccccc2-c2ccon2)cc1. The zero-order valence-corrected chi connectivity index (χ0v) is 12.9. The smallest absolute Gasteiger partial charge is 0.356 e. The normalized spacial score (nSPS) is 10.7. The molecule has 0 atom stereocenters. The molecular weight excluding hydrogens is 320 g/mol. The molecule has 0 aliphatic heterocycles. The first-order valence-corrected chi connectivity index (χ1v) is 7.48. The van der Waals surface area contributed by atoms with Crippen LogP contribution in [0.2, 0.25) is 0 Å². The molecule has 0 saturated heterocycles. The first kappa shape index (κ1) is 14.8. The number of aromatic nitrogens is 4. The van der Waals surface area contributed by atoms with Crippen molar-refractivity contribution in [3.63, 3.8) is 0 Å². The molecule has 122 valence electrons. The Morgan fingerprint density at radius 3 is 2.44 bits per heavy atom. The van der Waals surface area contributed by atoms with Crippen LogP contribution in [-0.2, 0) is 0 Å². The van der Waals surface area contributed by atoms with Crippen LogP contribution in [0, 0.1) is 0 Å². The third kappa shape index (κ3) is 2.67. The van der Waals surface area contributed by atoms with Gasteiger partial charge in [0.2, 0.25) is 0 Å². The summed E-state index contributed by atoms with van der Waals surface area (Å²) < 4.78 is 6.23. The molecule has 0 amide bonds. The second kappa shape index (κ2) is 6.04. The molecule has 0 saturated carbocycles. The van der Waals surface area contributed by atoms with Crippen molar-refractivity contribution >= 4 is 5.97 Å². The van der Waals surface area contributed by atoms with Gasteiger partial charge in [0, 0.05) is 11.6 Å². The van der Waals surface area contributed by atoms with E-state index >= 15 is 0 Å². The van der Waals surface area contributed by atoms with Gasteiger partial charge in [-0.05, 0) is 23.3 Å². The predicted octanol–water partition coefficient (Wildman–Crippen LogP) is 3.29. The minimum Gasteiger partial charge on any atom is -0.476 e. The lowest BCUT2D eigenvalue weighted by Crippen LogP contribution is -2.07. The van der Waals surface area contributed by atoms with Crippen LogP contribution in [0.3, 0.4) is 0 Å². The molecule has 2 heterocycles. The first-order chi connectivity index (χ1) is 12.2. The lowest BCUT2D eigenvalue weighted by Gasteiger charge is -2.09. The van der Waals surface area contributed by atoms with Gasteiger partial charge in [-0.15, -0.1) is 5.10 Å². The van der Waals surface area contributed by atoms with Crippen molar-refractivity contribution < 1.29 is 14.4 Å².